The summed E-state index contributed by atoms with van der Waals surface area (Å²) in [6, 6.07) is -0.550. The SMILES string of the molecule is CC1C(O)[C@H](C(=O)O)CN1C(=O)OC(C)(C)C. The molecule has 1 saturated heterocycles. The molecule has 2 unspecified atom stereocenters. The van der Waals surface area contributed by atoms with Crippen LogP contribution in [0.25, 0.3) is 0 Å². The number of aliphatic carboxylic acids is 1. The summed E-state index contributed by atoms with van der Waals surface area (Å²) < 4.78 is 5.15. The Kier molecular flexibility index (Phi) is 3.66. The summed E-state index contributed by atoms with van der Waals surface area (Å²) in [5, 5.41) is 18.6. The number of hydrogen-bond acceptors (Lipinski definition) is 4. The van der Waals surface area contributed by atoms with Crippen LogP contribution in [-0.4, -0.2) is 51.5 Å². The fourth-order valence-corrected chi connectivity index (χ4v) is 1.79. The van der Waals surface area contributed by atoms with Gasteiger partial charge in [-0.15, -0.1) is 0 Å². The fraction of sp³-hybridized carbons (Fsp3) is 0.818. The summed E-state index contributed by atoms with van der Waals surface area (Å²) >= 11 is 0. The lowest BCUT2D eigenvalue weighted by molar-refractivity contribution is -0.144. The Hall–Kier alpha value is -1.30. The van der Waals surface area contributed by atoms with Crippen molar-refractivity contribution in [1.29, 1.82) is 0 Å². The normalized spacial score (nSPS) is 29.2. The first-order valence-corrected chi connectivity index (χ1v) is 5.54. The van der Waals surface area contributed by atoms with Gasteiger partial charge in [-0.1, -0.05) is 0 Å². The van der Waals surface area contributed by atoms with E-state index in [0.717, 1.165) is 0 Å². The lowest BCUT2D eigenvalue weighted by atomic mass is 10.0. The Morgan fingerprint density at radius 3 is 2.24 bits per heavy atom. The predicted molar refractivity (Wildman–Crippen MR) is 59.5 cm³/mol. The van der Waals surface area contributed by atoms with Crippen molar-refractivity contribution in [2.75, 3.05) is 6.54 Å². The van der Waals surface area contributed by atoms with Gasteiger partial charge in [0.25, 0.3) is 0 Å². The minimum absolute atomic E-state index is 0.0212. The molecule has 0 aromatic heterocycles. The molecule has 6 heteroatoms. The molecule has 0 spiro atoms. The van der Waals surface area contributed by atoms with Crippen molar-refractivity contribution in [2.45, 2.75) is 45.4 Å². The van der Waals surface area contributed by atoms with Crippen molar-refractivity contribution in [3.63, 3.8) is 0 Å². The minimum atomic E-state index is -1.10. The Labute approximate surface area is 100 Å². The van der Waals surface area contributed by atoms with Crippen LogP contribution in [0.5, 0.6) is 0 Å². The molecular formula is C11H19NO5. The highest BCUT2D eigenvalue weighted by Gasteiger charge is 2.45. The van der Waals surface area contributed by atoms with Gasteiger partial charge in [0.2, 0.25) is 0 Å². The second-order valence-corrected chi connectivity index (χ2v) is 5.31. The number of likely N-dealkylation sites (tertiary alicyclic amines) is 1. The smallest absolute Gasteiger partial charge is 0.410 e. The van der Waals surface area contributed by atoms with E-state index in [1.165, 1.54) is 4.90 Å². The monoisotopic (exact) mass is 245 g/mol. The van der Waals surface area contributed by atoms with Crippen molar-refractivity contribution >= 4 is 12.1 Å². The van der Waals surface area contributed by atoms with Crippen molar-refractivity contribution in [1.82, 2.24) is 4.90 Å². The first-order valence-electron chi connectivity index (χ1n) is 5.54. The molecule has 0 radical (unpaired) electrons. The van der Waals surface area contributed by atoms with Crippen LogP contribution < -0.4 is 0 Å². The van der Waals surface area contributed by atoms with E-state index in [2.05, 4.69) is 0 Å². The predicted octanol–water partition coefficient (Wildman–Crippen LogP) is 0.687. The molecule has 1 aliphatic rings. The van der Waals surface area contributed by atoms with Crippen LogP contribution in [0.1, 0.15) is 27.7 Å². The van der Waals surface area contributed by atoms with Crippen LogP contribution >= 0.6 is 0 Å². The maximum absolute atomic E-state index is 11.8. The summed E-state index contributed by atoms with van der Waals surface area (Å²) in [5.74, 6) is -2.05. The topological polar surface area (TPSA) is 87.1 Å². The number of carboxylic acid groups (broad SMARTS) is 1. The number of hydrogen-bond donors (Lipinski definition) is 2. The van der Waals surface area contributed by atoms with Crippen molar-refractivity contribution in [3.05, 3.63) is 0 Å². The zero-order valence-electron chi connectivity index (χ0n) is 10.5. The molecule has 2 N–H and O–H groups in total. The number of rotatable bonds is 1. The maximum Gasteiger partial charge on any atom is 0.410 e. The number of amides is 1. The molecule has 6 nitrogen and oxygen atoms in total. The third-order valence-electron chi connectivity index (χ3n) is 2.74. The molecule has 1 aliphatic heterocycles. The highest BCUT2D eigenvalue weighted by molar-refractivity contribution is 5.75. The van der Waals surface area contributed by atoms with Gasteiger partial charge in [0.1, 0.15) is 11.5 Å². The van der Waals surface area contributed by atoms with Crippen molar-refractivity contribution in [3.8, 4) is 0 Å². The Morgan fingerprint density at radius 2 is 1.88 bits per heavy atom. The zero-order chi connectivity index (χ0) is 13.4. The van der Waals surface area contributed by atoms with Crippen LogP contribution in [0.15, 0.2) is 0 Å². The first-order chi connectivity index (χ1) is 7.63. The van der Waals surface area contributed by atoms with Crippen LogP contribution in [0.3, 0.4) is 0 Å². The molecule has 0 bridgehead atoms. The lowest BCUT2D eigenvalue weighted by Gasteiger charge is -2.27. The highest BCUT2D eigenvalue weighted by Crippen LogP contribution is 2.25. The molecule has 3 atom stereocenters. The lowest BCUT2D eigenvalue weighted by Crippen LogP contribution is -2.40. The number of ether oxygens (including phenoxy) is 1. The molecule has 0 saturated carbocycles. The third kappa shape index (κ3) is 3.09. The number of carbonyl (C=O) groups excluding carboxylic acids is 1. The molecule has 1 rings (SSSR count). The summed E-state index contributed by atoms with van der Waals surface area (Å²) in [6.45, 7) is 6.79. The average Bonchev–Trinajstić information content (AvgIpc) is 2.41. The van der Waals surface area contributed by atoms with E-state index in [1.807, 2.05) is 0 Å². The number of carboxylic acids is 1. The van der Waals surface area contributed by atoms with E-state index in [1.54, 1.807) is 27.7 Å². The largest absolute Gasteiger partial charge is 0.481 e. The Morgan fingerprint density at radius 1 is 1.35 bits per heavy atom. The van der Waals surface area contributed by atoms with Gasteiger partial charge >= 0.3 is 12.1 Å². The molecule has 98 valence electrons. The molecule has 0 aromatic rings. The fourth-order valence-electron chi connectivity index (χ4n) is 1.79. The quantitative estimate of drug-likeness (QED) is 0.709. The van der Waals surface area contributed by atoms with Crippen LogP contribution in [0.4, 0.5) is 4.79 Å². The van der Waals surface area contributed by atoms with Crippen LogP contribution in [0.2, 0.25) is 0 Å². The summed E-state index contributed by atoms with van der Waals surface area (Å²) in [7, 11) is 0. The van der Waals surface area contributed by atoms with Gasteiger partial charge in [-0.25, -0.2) is 4.79 Å². The minimum Gasteiger partial charge on any atom is -0.481 e. The van der Waals surface area contributed by atoms with E-state index in [0.29, 0.717) is 0 Å². The summed E-state index contributed by atoms with van der Waals surface area (Å²) in [4.78, 5) is 23.9. The van der Waals surface area contributed by atoms with Crippen molar-refractivity contribution < 1.29 is 24.5 Å². The van der Waals surface area contributed by atoms with Gasteiger partial charge in [-0.2, -0.15) is 0 Å². The molecule has 0 aromatic carbocycles. The Balaban J connectivity index is 2.74. The number of aliphatic hydroxyl groups is 1. The van der Waals surface area contributed by atoms with E-state index in [4.69, 9.17) is 9.84 Å². The number of carbonyl (C=O) groups is 2. The van der Waals surface area contributed by atoms with Crippen LogP contribution in [0, 0.1) is 5.92 Å². The van der Waals surface area contributed by atoms with E-state index in [-0.39, 0.29) is 6.54 Å². The van der Waals surface area contributed by atoms with Gasteiger partial charge in [-0.3, -0.25) is 4.79 Å². The second-order valence-electron chi connectivity index (χ2n) is 5.31. The summed E-state index contributed by atoms with van der Waals surface area (Å²) in [5.41, 5.74) is -0.636. The summed E-state index contributed by atoms with van der Waals surface area (Å²) in [6.07, 6.45) is -1.65. The maximum atomic E-state index is 11.8. The molecular weight excluding hydrogens is 226 g/mol. The molecule has 17 heavy (non-hydrogen) atoms. The molecule has 1 amide bonds. The van der Waals surface area contributed by atoms with Gasteiger partial charge in [0, 0.05) is 6.54 Å². The first kappa shape index (κ1) is 13.8. The molecule has 1 heterocycles. The van der Waals surface area contributed by atoms with E-state index < -0.39 is 35.7 Å². The van der Waals surface area contributed by atoms with Crippen LogP contribution in [-0.2, 0) is 9.53 Å². The van der Waals surface area contributed by atoms with E-state index in [9.17, 15) is 14.7 Å². The van der Waals surface area contributed by atoms with E-state index >= 15 is 0 Å². The average molecular weight is 245 g/mol. The van der Waals surface area contributed by atoms with Gasteiger partial charge in [0.05, 0.1) is 12.1 Å². The molecule has 1 fully saturated rings. The number of aliphatic hydroxyl groups excluding tert-OH is 1. The highest BCUT2D eigenvalue weighted by atomic mass is 16.6. The molecule has 0 aliphatic carbocycles. The second kappa shape index (κ2) is 4.52. The standard InChI is InChI=1S/C11H19NO5/c1-6-8(13)7(9(14)15)5-12(6)10(16)17-11(2,3)4/h6-8,13H,5H2,1-4H3,(H,14,15)/t6?,7-,8?/m1/s1. The van der Waals surface area contributed by atoms with Crippen molar-refractivity contribution in [2.24, 2.45) is 5.92 Å². The van der Waals surface area contributed by atoms with Gasteiger partial charge in [-0.05, 0) is 27.7 Å². The Bertz CT molecular complexity index is 322. The zero-order valence-corrected chi connectivity index (χ0v) is 10.5. The third-order valence-corrected chi connectivity index (χ3v) is 2.74. The number of nitrogens with zero attached hydrogens (tertiary/aromatic N) is 1. The van der Waals surface area contributed by atoms with Gasteiger partial charge in [0.15, 0.2) is 0 Å². The van der Waals surface area contributed by atoms with Gasteiger partial charge < -0.3 is 19.8 Å².